The van der Waals surface area contributed by atoms with Gasteiger partial charge in [0.05, 0.1) is 34.8 Å². The summed E-state index contributed by atoms with van der Waals surface area (Å²) in [5.41, 5.74) is 0.303. The number of piperidine rings is 1. The molecular weight excluding hydrogens is 416 g/mol. The molecule has 2 unspecified atom stereocenters. The maximum atomic E-state index is 12.7. The number of likely N-dealkylation sites (tertiary alicyclic amines) is 1. The summed E-state index contributed by atoms with van der Waals surface area (Å²) in [5.74, 6) is -0.528. The van der Waals surface area contributed by atoms with E-state index in [9.17, 15) is 21.6 Å². The highest BCUT2D eigenvalue weighted by atomic mass is 32.2. The number of benzene rings is 1. The second kappa shape index (κ2) is 9.11. The summed E-state index contributed by atoms with van der Waals surface area (Å²) >= 11 is 0. The number of rotatable bonds is 7. The molecule has 10 heteroatoms. The fraction of sp³-hybridized carbons (Fsp3) is 0.632. The monoisotopic (exact) mass is 444 g/mol. The first-order chi connectivity index (χ1) is 13.7. The van der Waals surface area contributed by atoms with E-state index >= 15 is 0 Å². The highest BCUT2D eigenvalue weighted by Gasteiger charge is 2.42. The molecule has 1 aromatic rings. The third kappa shape index (κ3) is 5.56. The van der Waals surface area contributed by atoms with E-state index in [1.54, 1.807) is 0 Å². The predicted molar refractivity (Wildman–Crippen MR) is 109 cm³/mol. The smallest absolute Gasteiger partial charge is 0.251 e. The van der Waals surface area contributed by atoms with Crippen LogP contribution in [0.4, 0.5) is 0 Å². The second-order valence-corrected chi connectivity index (χ2v) is 11.9. The molecule has 1 amide bonds. The Morgan fingerprint density at radius 2 is 1.79 bits per heavy atom. The number of hydrogen-bond donors (Lipinski definition) is 1. The van der Waals surface area contributed by atoms with Gasteiger partial charge in [0, 0.05) is 18.7 Å². The van der Waals surface area contributed by atoms with Crippen molar-refractivity contribution in [2.24, 2.45) is 0 Å². The minimum Gasteiger partial charge on any atom is -0.384 e. The third-order valence-electron chi connectivity index (χ3n) is 5.53. The van der Waals surface area contributed by atoms with E-state index in [2.05, 4.69) is 10.2 Å². The lowest BCUT2D eigenvalue weighted by atomic mass is 10.0. The normalized spacial score (nSPS) is 25.0. The Labute approximate surface area is 172 Å². The van der Waals surface area contributed by atoms with Crippen LogP contribution in [-0.4, -0.2) is 83.8 Å². The topological polar surface area (TPSA) is 110 Å². The van der Waals surface area contributed by atoms with Crippen LogP contribution in [0.15, 0.2) is 29.2 Å². The maximum Gasteiger partial charge on any atom is 0.251 e. The average Bonchev–Trinajstić information content (AvgIpc) is 3.01. The zero-order valence-electron chi connectivity index (χ0n) is 16.5. The van der Waals surface area contributed by atoms with Crippen molar-refractivity contribution in [3.05, 3.63) is 29.8 Å². The summed E-state index contributed by atoms with van der Waals surface area (Å²) in [6.45, 7) is 1.79. The molecule has 1 aromatic carbocycles. The highest BCUT2D eigenvalue weighted by Crippen LogP contribution is 2.23. The van der Waals surface area contributed by atoms with Gasteiger partial charge in [-0.2, -0.15) is 0 Å². The van der Waals surface area contributed by atoms with Crippen LogP contribution < -0.4 is 5.32 Å². The lowest BCUT2D eigenvalue weighted by Gasteiger charge is -2.35. The molecule has 162 valence electrons. The quantitative estimate of drug-likeness (QED) is 0.652. The zero-order chi connectivity index (χ0) is 21.1. The molecule has 0 spiro atoms. The Balaban J connectivity index is 1.70. The van der Waals surface area contributed by atoms with Crippen LogP contribution in [0.2, 0.25) is 0 Å². The first-order valence-corrected chi connectivity index (χ1v) is 13.3. The number of carbonyl (C=O) groups excluding carboxylic acids is 1. The number of ether oxygens (including phenoxy) is 1. The molecule has 0 aliphatic carbocycles. The number of amides is 1. The van der Waals surface area contributed by atoms with Crippen molar-refractivity contribution < 1.29 is 26.4 Å². The molecule has 2 fully saturated rings. The lowest BCUT2D eigenvalue weighted by Crippen LogP contribution is -2.52. The summed E-state index contributed by atoms with van der Waals surface area (Å²) in [7, 11) is -5.24. The van der Waals surface area contributed by atoms with Crippen LogP contribution in [0.3, 0.4) is 0 Å². The molecule has 2 saturated heterocycles. The van der Waals surface area contributed by atoms with E-state index in [4.69, 9.17) is 4.74 Å². The van der Waals surface area contributed by atoms with E-state index in [1.807, 2.05) is 0 Å². The molecule has 2 aliphatic rings. The summed E-state index contributed by atoms with van der Waals surface area (Å²) in [6, 6.07) is 5.03. The van der Waals surface area contributed by atoms with E-state index in [0.29, 0.717) is 5.56 Å². The largest absolute Gasteiger partial charge is 0.384 e. The minimum absolute atomic E-state index is 0.0641. The highest BCUT2D eigenvalue weighted by molar-refractivity contribution is 7.91. The third-order valence-corrected chi connectivity index (χ3v) is 8.94. The fourth-order valence-corrected chi connectivity index (χ4v) is 7.08. The van der Waals surface area contributed by atoms with Crippen LogP contribution in [-0.2, 0) is 24.4 Å². The van der Waals surface area contributed by atoms with Crippen molar-refractivity contribution in [1.82, 2.24) is 10.2 Å². The number of carbonyl (C=O) groups is 1. The average molecular weight is 445 g/mol. The van der Waals surface area contributed by atoms with Crippen LogP contribution in [0.25, 0.3) is 0 Å². The van der Waals surface area contributed by atoms with Gasteiger partial charge in [-0.1, -0.05) is 6.42 Å². The van der Waals surface area contributed by atoms with Crippen molar-refractivity contribution in [1.29, 1.82) is 0 Å². The molecule has 3 rings (SSSR count). The van der Waals surface area contributed by atoms with Crippen LogP contribution in [0, 0.1) is 0 Å². The van der Waals surface area contributed by atoms with Gasteiger partial charge >= 0.3 is 0 Å². The van der Waals surface area contributed by atoms with Gasteiger partial charge < -0.3 is 10.1 Å². The van der Waals surface area contributed by atoms with Crippen molar-refractivity contribution >= 4 is 25.6 Å². The molecule has 0 radical (unpaired) electrons. The van der Waals surface area contributed by atoms with Crippen molar-refractivity contribution in [2.75, 3.05) is 44.1 Å². The summed E-state index contributed by atoms with van der Waals surface area (Å²) in [6.07, 6.45) is 3.22. The van der Waals surface area contributed by atoms with Crippen molar-refractivity contribution in [3.63, 3.8) is 0 Å². The maximum absolute atomic E-state index is 12.7. The van der Waals surface area contributed by atoms with Gasteiger partial charge in [-0.3, -0.25) is 9.69 Å². The first-order valence-electron chi connectivity index (χ1n) is 9.79. The molecule has 29 heavy (non-hydrogen) atoms. The Morgan fingerprint density at radius 3 is 2.41 bits per heavy atom. The SMILES string of the molecule is COCCS(=O)(=O)c1ccc(C(=O)NC2CS(=O)(=O)CC2N2CCCCC2)cc1. The predicted octanol–water partition coefficient (Wildman–Crippen LogP) is 0.488. The minimum atomic E-state index is -3.47. The van der Waals surface area contributed by atoms with Gasteiger partial charge in [0.2, 0.25) is 0 Å². The fourth-order valence-electron chi connectivity index (χ4n) is 3.95. The molecule has 0 aromatic heterocycles. The molecule has 2 aliphatic heterocycles. The van der Waals surface area contributed by atoms with Gasteiger partial charge in [-0.05, 0) is 50.2 Å². The van der Waals surface area contributed by atoms with E-state index in [1.165, 1.54) is 31.4 Å². The Morgan fingerprint density at radius 1 is 1.14 bits per heavy atom. The summed E-state index contributed by atoms with van der Waals surface area (Å²) in [4.78, 5) is 15.0. The number of nitrogens with one attached hydrogen (secondary N) is 1. The molecule has 2 atom stereocenters. The number of nitrogens with zero attached hydrogens (tertiary/aromatic N) is 1. The van der Waals surface area contributed by atoms with E-state index in [-0.39, 0.29) is 34.8 Å². The Bertz CT molecular complexity index is 922. The van der Waals surface area contributed by atoms with Gasteiger partial charge in [-0.15, -0.1) is 0 Å². The zero-order valence-corrected chi connectivity index (χ0v) is 18.2. The second-order valence-electron chi connectivity index (χ2n) is 7.66. The van der Waals surface area contributed by atoms with Crippen molar-refractivity contribution in [2.45, 2.75) is 36.2 Å². The Hall–Kier alpha value is -1.49. The lowest BCUT2D eigenvalue weighted by molar-refractivity contribution is 0.0900. The Kier molecular flexibility index (Phi) is 6.98. The van der Waals surface area contributed by atoms with Gasteiger partial charge in [0.1, 0.15) is 0 Å². The van der Waals surface area contributed by atoms with Gasteiger partial charge in [0.25, 0.3) is 5.91 Å². The molecule has 0 bridgehead atoms. The van der Waals surface area contributed by atoms with Gasteiger partial charge in [0.15, 0.2) is 19.7 Å². The van der Waals surface area contributed by atoms with Gasteiger partial charge in [-0.25, -0.2) is 16.8 Å². The number of hydrogen-bond acceptors (Lipinski definition) is 7. The van der Waals surface area contributed by atoms with E-state index < -0.39 is 31.6 Å². The molecular formula is C19H28N2O6S2. The summed E-state index contributed by atoms with van der Waals surface area (Å²) in [5, 5.41) is 2.86. The molecule has 2 heterocycles. The van der Waals surface area contributed by atoms with Crippen LogP contribution >= 0.6 is 0 Å². The molecule has 1 N–H and O–H groups in total. The number of sulfone groups is 2. The van der Waals surface area contributed by atoms with Crippen molar-refractivity contribution in [3.8, 4) is 0 Å². The molecule has 8 nitrogen and oxygen atoms in total. The number of methoxy groups -OCH3 is 1. The van der Waals surface area contributed by atoms with E-state index in [0.717, 1.165) is 32.4 Å². The van der Waals surface area contributed by atoms with Crippen LogP contribution in [0.1, 0.15) is 29.6 Å². The van der Waals surface area contributed by atoms with Crippen LogP contribution in [0.5, 0.6) is 0 Å². The molecule has 0 saturated carbocycles. The summed E-state index contributed by atoms with van der Waals surface area (Å²) < 4.78 is 53.6. The first kappa shape index (κ1) is 22.2. The standard InChI is InChI=1S/C19H28N2O6S2/c1-27-11-12-29(25,26)16-7-5-15(6-8-16)19(22)20-17-13-28(23,24)14-18(17)21-9-3-2-4-10-21/h5-8,17-18H,2-4,9-14H2,1H3,(H,20,22).